The van der Waals surface area contributed by atoms with Crippen LogP contribution in [0.15, 0.2) is 0 Å². The van der Waals surface area contributed by atoms with Crippen molar-refractivity contribution in [2.75, 3.05) is 38.4 Å². The van der Waals surface area contributed by atoms with Crippen molar-refractivity contribution < 1.29 is 4.21 Å². The predicted molar refractivity (Wildman–Crippen MR) is 51.9 cm³/mol. The molecule has 68 valence electrons. The smallest absolute Gasteiger partial charge is 0.00487 e. The highest BCUT2D eigenvalue weighted by Gasteiger charge is 2.21. The molecule has 2 nitrogen and oxygen atoms in total. The summed E-state index contributed by atoms with van der Waals surface area (Å²) in [7, 11) is 0.367. The maximum Gasteiger partial charge on any atom is 0.00487 e. The third kappa shape index (κ3) is 3.34. The molecule has 0 saturated carbocycles. The van der Waals surface area contributed by atoms with E-state index in [4.69, 9.17) is 0 Å². The van der Waals surface area contributed by atoms with Gasteiger partial charge >= 0.3 is 0 Å². The Labute approximate surface area is 70.4 Å². The van der Waals surface area contributed by atoms with Crippen molar-refractivity contribution in [3.05, 3.63) is 0 Å². The maximum atomic E-state index is 11.5. The molecule has 0 aromatic rings. The zero-order chi connectivity index (χ0) is 8.48. The standard InChI is InChI=1S/C8H19NOS/c1-9-5-4-8(6-9)7-11(2,3)10/h8,11H,4-7H2,1-3H3. The molecule has 0 amide bonds. The summed E-state index contributed by atoms with van der Waals surface area (Å²) in [5.74, 6) is 1.64. The molecule has 1 aliphatic heterocycles. The lowest BCUT2D eigenvalue weighted by atomic mass is 10.2. The minimum atomic E-state index is -1.77. The first kappa shape index (κ1) is 9.20. The largest absolute Gasteiger partial charge is 0.306 e. The second kappa shape index (κ2) is 3.23. The van der Waals surface area contributed by atoms with Crippen molar-refractivity contribution in [2.45, 2.75) is 6.42 Å². The van der Waals surface area contributed by atoms with Gasteiger partial charge in [-0.2, -0.15) is 0 Å². The summed E-state index contributed by atoms with van der Waals surface area (Å²) in [5.41, 5.74) is 0. The van der Waals surface area contributed by atoms with E-state index in [9.17, 15) is 4.21 Å². The third-order valence-electron chi connectivity index (χ3n) is 2.19. The lowest BCUT2D eigenvalue weighted by Crippen LogP contribution is -2.22. The Hall–Kier alpha value is 0.110. The van der Waals surface area contributed by atoms with Crippen molar-refractivity contribution in [2.24, 2.45) is 5.92 Å². The predicted octanol–water partition coefficient (Wildman–Crippen LogP) is 0.214. The van der Waals surface area contributed by atoms with Crippen LogP contribution in [0.2, 0.25) is 0 Å². The van der Waals surface area contributed by atoms with E-state index in [1.807, 2.05) is 12.5 Å². The second-order valence-electron chi connectivity index (χ2n) is 4.17. The van der Waals surface area contributed by atoms with Gasteiger partial charge in [-0.15, -0.1) is 9.93 Å². The lowest BCUT2D eigenvalue weighted by molar-refractivity contribution is 0.402. The van der Waals surface area contributed by atoms with Crippen LogP contribution in [0.5, 0.6) is 0 Å². The second-order valence-corrected chi connectivity index (χ2v) is 7.69. The topological polar surface area (TPSA) is 20.3 Å². The molecule has 0 bridgehead atoms. The third-order valence-corrected chi connectivity index (χ3v) is 3.58. The fourth-order valence-electron chi connectivity index (χ4n) is 1.80. The Balaban J connectivity index is 2.34. The average molecular weight is 177 g/mol. The van der Waals surface area contributed by atoms with Crippen LogP contribution < -0.4 is 0 Å². The molecule has 1 aliphatic rings. The van der Waals surface area contributed by atoms with Gasteiger partial charge in [0.25, 0.3) is 0 Å². The van der Waals surface area contributed by atoms with E-state index in [0.717, 1.165) is 12.3 Å². The number of hydrogen-bond acceptors (Lipinski definition) is 2. The molecular formula is C8H19NOS. The molecule has 0 aromatic heterocycles. The van der Waals surface area contributed by atoms with Crippen LogP contribution in [0.1, 0.15) is 6.42 Å². The van der Waals surface area contributed by atoms with Gasteiger partial charge in [-0.1, -0.05) is 0 Å². The quantitative estimate of drug-likeness (QED) is 0.609. The molecule has 0 radical (unpaired) electrons. The van der Waals surface area contributed by atoms with Gasteiger partial charge in [0.2, 0.25) is 0 Å². The molecule has 1 heterocycles. The van der Waals surface area contributed by atoms with Crippen LogP contribution in [-0.4, -0.2) is 47.5 Å². The number of hydrogen-bond donors (Lipinski definition) is 1. The Kier molecular flexibility index (Phi) is 2.70. The zero-order valence-corrected chi connectivity index (χ0v) is 8.60. The minimum Gasteiger partial charge on any atom is -0.306 e. The number of nitrogens with zero attached hydrogens (tertiary/aromatic N) is 1. The van der Waals surface area contributed by atoms with Gasteiger partial charge in [0.1, 0.15) is 0 Å². The molecule has 11 heavy (non-hydrogen) atoms. The highest BCUT2D eigenvalue weighted by molar-refractivity contribution is 8.01. The Morgan fingerprint density at radius 3 is 2.55 bits per heavy atom. The van der Waals surface area contributed by atoms with Crippen LogP contribution in [-0.2, 0) is 9.93 Å². The maximum absolute atomic E-state index is 11.5. The van der Waals surface area contributed by atoms with E-state index in [0.29, 0.717) is 5.92 Å². The van der Waals surface area contributed by atoms with Crippen molar-refractivity contribution in [3.63, 3.8) is 0 Å². The van der Waals surface area contributed by atoms with E-state index in [1.54, 1.807) is 0 Å². The van der Waals surface area contributed by atoms with Gasteiger partial charge < -0.3 is 4.90 Å². The summed E-state index contributed by atoms with van der Waals surface area (Å²) in [5, 5.41) is 0. The Morgan fingerprint density at radius 2 is 2.18 bits per heavy atom. The summed E-state index contributed by atoms with van der Waals surface area (Å²) < 4.78 is 11.5. The highest BCUT2D eigenvalue weighted by Crippen LogP contribution is 2.17. The van der Waals surface area contributed by atoms with E-state index in [1.165, 1.54) is 13.0 Å². The summed E-state index contributed by atoms with van der Waals surface area (Å²) >= 11 is 0. The molecular weight excluding hydrogens is 158 g/mol. The molecule has 1 rings (SSSR count). The van der Waals surface area contributed by atoms with Gasteiger partial charge in [0, 0.05) is 12.3 Å². The Morgan fingerprint density at radius 1 is 1.55 bits per heavy atom. The van der Waals surface area contributed by atoms with Crippen LogP contribution in [0, 0.1) is 5.92 Å². The first-order chi connectivity index (χ1) is 4.97. The van der Waals surface area contributed by atoms with Gasteiger partial charge in [-0.3, -0.25) is 4.21 Å². The van der Waals surface area contributed by atoms with Crippen molar-refractivity contribution >= 4 is 9.93 Å². The molecule has 0 spiro atoms. The lowest BCUT2D eigenvalue weighted by Gasteiger charge is -2.16. The summed E-state index contributed by atoms with van der Waals surface area (Å²) in [6.07, 6.45) is 5.03. The highest BCUT2D eigenvalue weighted by atomic mass is 32.2. The van der Waals surface area contributed by atoms with Crippen molar-refractivity contribution in [3.8, 4) is 0 Å². The number of rotatable bonds is 2. The van der Waals surface area contributed by atoms with Gasteiger partial charge in [-0.25, -0.2) is 0 Å². The normalized spacial score (nSPS) is 29.2. The number of likely N-dealkylation sites (tertiary alicyclic amines) is 1. The summed E-state index contributed by atoms with van der Waals surface area (Å²) in [6, 6.07) is 0. The molecule has 0 N–H and O–H groups in total. The van der Waals surface area contributed by atoms with Crippen molar-refractivity contribution in [1.82, 2.24) is 4.90 Å². The fourth-order valence-corrected chi connectivity index (χ4v) is 3.34. The molecule has 1 atom stereocenters. The van der Waals surface area contributed by atoms with Gasteiger partial charge in [0.05, 0.1) is 0 Å². The Bertz CT molecular complexity index is 175. The average Bonchev–Trinajstić information content (AvgIpc) is 2.10. The molecule has 3 heteroatoms. The zero-order valence-electron chi connectivity index (χ0n) is 7.71. The SMILES string of the molecule is CN1CCC(C[SH](C)(C)=O)C1. The van der Waals surface area contributed by atoms with Crippen LogP contribution in [0.25, 0.3) is 0 Å². The first-order valence-electron chi connectivity index (χ1n) is 4.20. The van der Waals surface area contributed by atoms with E-state index in [2.05, 4.69) is 11.9 Å². The molecule has 1 saturated heterocycles. The van der Waals surface area contributed by atoms with E-state index >= 15 is 0 Å². The molecule has 0 aliphatic carbocycles. The van der Waals surface area contributed by atoms with Crippen molar-refractivity contribution in [1.29, 1.82) is 0 Å². The van der Waals surface area contributed by atoms with Crippen LogP contribution in [0.4, 0.5) is 0 Å². The summed E-state index contributed by atoms with van der Waals surface area (Å²) in [6.45, 7) is 2.33. The van der Waals surface area contributed by atoms with Crippen LogP contribution in [0.3, 0.4) is 0 Å². The van der Waals surface area contributed by atoms with E-state index in [-0.39, 0.29) is 0 Å². The van der Waals surface area contributed by atoms with E-state index < -0.39 is 9.93 Å². The first-order valence-corrected chi connectivity index (χ1v) is 6.98. The molecule has 1 unspecified atom stereocenters. The number of thiol groups is 1. The molecule has 0 aromatic carbocycles. The monoisotopic (exact) mass is 177 g/mol. The molecule has 1 fully saturated rings. The van der Waals surface area contributed by atoms with Gasteiger partial charge in [-0.05, 0) is 38.4 Å². The van der Waals surface area contributed by atoms with Crippen LogP contribution >= 0.6 is 0 Å². The fraction of sp³-hybridized carbons (Fsp3) is 1.00. The summed E-state index contributed by atoms with van der Waals surface area (Å²) in [4.78, 5) is 2.32. The van der Waals surface area contributed by atoms with Gasteiger partial charge in [0.15, 0.2) is 0 Å². The minimum absolute atomic E-state index is 0.695.